The van der Waals surface area contributed by atoms with Gasteiger partial charge in [0.05, 0.1) is 11.3 Å². The highest BCUT2D eigenvalue weighted by Gasteiger charge is 2.22. The summed E-state index contributed by atoms with van der Waals surface area (Å²) in [6.45, 7) is 3.57. The molecule has 0 radical (unpaired) electrons. The van der Waals surface area contributed by atoms with E-state index in [1.54, 1.807) is 11.0 Å². The molecule has 0 unspecified atom stereocenters. The molecule has 5 nitrogen and oxygen atoms in total. The summed E-state index contributed by atoms with van der Waals surface area (Å²) in [5, 5.41) is 0.577. The summed E-state index contributed by atoms with van der Waals surface area (Å²) in [4.78, 5) is 21.3. The normalized spacial score (nSPS) is 10.8. The van der Waals surface area contributed by atoms with E-state index in [1.165, 1.54) is 29.5 Å². The van der Waals surface area contributed by atoms with Gasteiger partial charge in [-0.3, -0.25) is 9.69 Å². The monoisotopic (exact) mass is 423 g/mol. The average molecular weight is 424 g/mol. The molecule has 0 saturated carbocycles. The first kappa shape index (κ1) is 22.1. The molecule has 8 heteroatoms. The lowest BCUT2D eigenvalue weighted by atomic mass is 10.2. The minimum atomic E-state index is -0.434. The van der Waals surface area contributed by atoms with Crippen LogP contribution in [0.1, 0.15) is 17.3 Å². The smallest absolute Gasteiger partial charge is 0.260 e. The van der Waals surface area contributed by atoms with Crippen LogP contribution in [0.5, 0.6) is 5.75 Å². The number of anilines is 1. The number of fused-ring (bicyclic) bond motifs is 1. The fourth-order valence-electron chi connectivity index (χ4n) is 2.66. The molecule has 0 atom stereocenters. The Morgan fingerprint density at radius 3 is 2.61 bits per heavy atom. The van der Waals surface area contributed by atoms with E-state index in [0.717, 1.165) is 10.2 Å². The predicted molar refractivity (Wildman–Crippen MR) is 115 cm³/mol. The van der Waals surface area contributed by atoms with Gasteiger partial charge < -0.3 is 9.64 Å². The van der Waals surface area contributed by atoms with Gasteiger partial charge in [0.2, 0.25) is 0 Å². The number of thiazole rings is 1. The molecule has 3 aromatic rings. The molecule has 0 fully saturated rings. The predicted octanol–water partition coefficient (Wildman–Crippen LogP) is 4.46. The molecule has 0 N–H and O–H groups in total. The second kappa shape index (κ2) is 9.82. The van der Waals surface area contributed by atoms with Crippen molar-refractivity contribution < 1.29 is 13.9 Å². The molecule has 0 bridgehead atoms. The highest BCUT2D eigenvalue weighted by Crippen LogP contribution is 2.34. The number of hydrogen-bond donors (Lipinski definition) is 0. The van der Waals surface area contributed by atoms with E-state index in [1.807, 2.05) is 44.1 Å². The third kappa shape index (κ3) is 4.98. The van der Waals surface area contributed by atoms with Crippen LogP contribution in [0.15, 0.2) is 42.5 Å². The molecule has 150 valence electrons. The van der Waals surface area contributed by atoms with Crippen molar-refractivity contribution in [1.82, 2.24) is 9.88 Å². The van der Waals surface area contributed by atoms with Crippen LogP contribution in [0, 0.1) is 5.82 Å². The Morgan fingerprint density at radius 2 is 1.93 bits per heavy atom. The van der Waals surface area contributed by atoms with E-state index in [-0.39, 0.29) is 18.3 Å². The van der Waals surface area contributed by atoms with Crippen molar-refractivity contribution in [1.29, 1.82) is 0 Å². The summed E-state index contributed by atoms with van der Waals surface area (Å²) in [7, 11) is 3.88. The first-order valence-corrected chi connectivity index (χ1v) is 9.55. The van der Waals surface area contributed by atoms with Crippen LogP contribution in [0.2, 0.25) is 0 Å². The molecule has 1 amide bonds. The number of para-hydroxylation sites is 1. The van der Waals surface area contributed by atoms with Crippen molar-refractivity contribution in [2.24, 2.45) is 0 Å². The van der Waals surface area contributed by atoms with Crippen molar-refractivity contribution in [3.63, 3.8) is 0 Å². The number of rotatable bonds is 7. The van der Waals surface area contributed by atoms with E-state index >= 15 is 0 Å². The number of nitrogens with zero attached hydrogens (tertiary/aromatic N) is 3. The Balaban J connectivity index is 0.00000280. The fourth-order valence-corrected chi connectivity index (χ4v) is 3.67. The highest BCUT2D eigenvalue weighted by molar-refractivity contribution is 7.22. The largest absolute Gasteiger partial charge is 0.492 e. The summed E-state index contributed by atoms with van der Waals surface area (Å²) in [5.74, 6) is -0.00651. The Hall–Kier alpha value is -2.22. The SMILES string of the molecule is CCOc1cccc2sc(N(CCN(C)C)C(=O)c3cccc(F)c3)nc12.Cl. The van der Waals surface area contributed by atoms with Crippen LogP contribution in [0.25, 0.3) is 10.2 Å². The van der Waals surface area contributed by atoms with Crippen LogP contribution >= 0.6 is 23.7 Å². The molecule has 3 rings (SSSR count). The molecule has 1 aromatic heterocycles. The van der Waals surface area contributed by atoms with Crippen LogP contribution in [-0.2, 0) is 0 Å². The zero-order chi connectivity index (χ0) is 19.4. The van der Waals surface area contributed by atoms with E-state index in [0.29, 0.717) is 36.1 Å². The number of amides is 1. The van der Waals surface area contributed by atoms with Crippen molar-refractivity contribution in [3.8, 4) is 5.75 Å². The van der Waals surface area contributed by atoms with Crippen molar-refractivity contribution >= 4 is 45.0 Å². The molecule has 2 aromatic carbocycles. The molecule has 0 aliphatic carbocycles. The van der Waals surface area contributed by atoms with Gasteiger partial charge in [0, 0.05) is 18.7 Å². The summed E-state index contributed by atoms with van der Waals surface area (Å²) >= 11 is 1.43. The third-order valence-electron chi connectivity index (χ3n) is 3.99. The van der Waals surface area contributed by atoms with Crippen LogP contribution in [0.3, 0.4) is 0 Å². The fraction of sp³-hybridized carbons (Fsp3) is 0.300. The summed E-state index contributed by atoms with van der Waals surface area (Å²) in [6, 6.07) is 11.5. The minimum Gasteiger partial charge on any atom is -0.492 e. The van der Waals surface area contributed by atoms with Gasteiger partial charge in [0.1, 0.15) is 17.1 Å². The van der Waals surface area contributed by atoms with E-state index < -0.39 is 5.82 Å². The number of halogens is 2. The quantitative estimate of drug-likeness (QED) is 0.562. The maximum absolute atomic E-state index is 13.6. The maximum Gasteiger partial charge on any atom is 0.260 e. The second-order valence-electron chi connectivity index (χ2n) is 6.30. The van der Waals surface area contributed by atoms with Gasteiger partial charge in [-0.2, -0.15) is 0 Å². The summed E-state index contributed by atoms with van der Waals surface area (Å²) in [6.07, 6.45) is 0. The van der Waals surface area contributed by atoms with Crippen LogP contribution < -0.4 is 9.64 Å². The number of hydrogen-bond acceptors (Lipinski definition) is 5. The topological polar surface area (TPSA) is 45.7 Å². The Morgan fingerprint density at radius 1 is 1.18 bits per heavy atom. The number of ether oxygens (including phenoxy) is 1. The van der Waals surface area contributed by atoms with Gasteiger partial charge in [0.15, 0.2) is 5.13 Å². The zero-order valence-electron chi connectivity index (χ0n) is 16.0. The first-order valence-electron chi connectivity index (χ1n) is 8.74. The van der Waals surface area contributed by atoms with E-state index in [4.69, 9.17) is 4.74 Å². The van der Waals surface area contributed by atoms with E-state index in [9.17, 15) is 9.18 Å². The number of carbonyl (C=O) groups is 1. The second-order valence-corrected chi connectivity index (χ2v) is 7.31. The summed E-state index contributed by atoms with van der Waals surface area (Å²) in [5.41, 5.74) is 1.04. The molecular weight excluding hydrogens is 401 g/mol. The van der Waals surface area contributed by atoms with Crippen molar-refractivity contribution in [2.75, 3.05) is 38.7 Å². The summed E-state index contributed by atoms with van der Waals surface area (Å²) < 4.78 is 20.2. The molecule has 1 heterocycles. The van der Waals surface area contributed by atoms with Crippen molar-refractivity contribution in [2.45, 2.75) is 6.92 Å². The number of likely N-dealkylation sites (N-methyl/N-ethyl adjacent to an activating group) is 1. The van der Waals surface area contributed by atoms with Gasteiger partial charge in [-0.25, -0.2) is 9.37 Å². The number of aromatic nitrogens is 1. The third-order valence-corrected chi connectivity index (χ3v) is 5.03. The minimum absolute atomic E-state index is 0. The highest BCUT2D eigenvalue weighted by atomic mass is 35.5. The Labute approximate surface area is 174 Å². The van der Waals surface area contributed by atoms with Crippen LogP contribution in [-0.4, -0.2) is 49.6 Å². The van der Waals surface area contributed by atoms with Gasteiger partial charge in [-0.1, -0.05) is 23.5 Å². The number of benzene rings is 2. The molecular formula is C20H23ClFN3O2S. The molecule has 0 saturated heterocycles. The Bertz CT molecular complexity index is 948. The Kier molecular flexibility index (Phi) is 7.74. The lowest BCUT2D eigenvalue weighted by Gasteiger charge is -2.22. The standard InChI is InChI=1S/C20H22FN3O2S.ClH/c1-4-26-16-9-6-10-17-18(16)22-20(27-17)24(12-11-23(2)3)19(25)14-7-5-8-15(21)13-14;/h5-10,13H,4,11-12H2,1-3H3;1H. The lowest BCUT2D eigenvalue weighted by Crippen LogP contribution is -2.36. The van der Waals surface area contributed by atoms with Gasteiger partial charge in [-0.15, -0.1) is 12.4 Å². The zero-order valence-corrected chi connectivity index (χ0v) is 17.6. The van der Waals surface area contributed by atoms with Crippen molar-refractivity contribution in [3.05, 3.63) is 53.8 Å². The molecule has 0 spiro atoms. The number of carbonyl (C=O) groups excluding carboxylic acids is 1. The van der Waals surface area contributed by atoms with E-state index in [2.05, 4.69) is 4.98 Å². The maximum atomic E-state index is 13.6. The van der Waals surface area contributed by atoms with Crippen LogP contribution in [0.4, 0.5) is 9.52 Å². The molecule has 0 aliphatic heterocycles. The van der Waals surface area contributed by atoms with Gasteiger partial charge >= 0.3 is 0 Å². The van der Waals surface area contributed by atoms with Gasteiger partial charge in [-0.05, 0) is 51.4 Å². The molecule has 28 heavy (non-hydrogen) atoms. The van der Waals surface area contributed by atoms with Gasteiger partial charge in [0.25, 0.3) is 5.91 Å². The molecule has 0 aliphatic rings. The average Bonchev–Trinajstić information content (AvgIpc) is 3.06. The first-order chi connectivity index (χ1) is 13.0. The lowest BCUT2D eigenvalue weighted by molar-refractivity contribution is 0.0984.